The van der Waals surface area contributed by atoms with Gasteiger partial charge in [-0.3, -0.25) is 4.99 Å². The van der Waals surface area contributed by atoms with Crippen LogP contribution in [0.1, 0.15) is 5.56 Å². The quantitative estimate of drug-likeness (QED) is 0.233. The highest BCUT2D eigenvalue weighted by Gasteiger charge is 2.18. The molecule has 5 rings (SSSR count). The van der Waals surface area contributed by atoms with Crippen LogP contribution in [0.25, 0.3) is 28.2 Å². The van der Waals surface area contributed by atoms with E-state index in [0.717, 1.165) is 45.2 Å². The molecule has 0 aliphatic rings. The van der Waals surface area contributed by atoms with Gasteiger partial charge < -0.3 is 9.30 Å². The number of hydrogen-bond acceptors (Lipinski definition) is 2. The number of aliphatic imine (C=N–C) groups is 1. The maximum absolute atomic E-state index is 6.22. The molecule has 0 aliphatic carbocycles. The maximum atomic E-state index is 6.22. The third-order valence-electron chi connectivity index (χ3n) is 5.66. The summed E-state index contributed by atoms with van der Waals surface area (Å²) in [5.41, 5.74) is 7.16. The van der Waals surface area contributed by atoms with Crippen LogP contribution in [0.2, 0.25) is 5.02 Å². The highest BCUT2D eigenvalue weighted by molar-refractivity contribution is 6.30. The van der Waals surface area contributed by atoms with Gasteiger partial charge in [-0.2, -0.15) is 0 Å². The van der Waals surface area contributed by atoms with E-state index in [4.69, 9.17) is 21.3 Å². The number of ether oxygens (including phenoxy) is 1. The Balaban J connectivity index is 1.77. The van der Waals surface area contributed by atoms with Crippen LogP contribution in [0.5, 0.6) is 5.75 Å². The molecule has 4 aromatic carbocycles. The summed E-state index contributed by atoms with van der Waals surface area (Å²) in [6, 6.07) is 38.6. The first-order chi connectivity index (χ1) is 16.7. The largest absolute Gasteiger partial charge is 0.494 e. The first-order valence-electron chi connectivity index (χ1n) is 11.0. The predicted molar refractivity (Wildman–Crippen MR) is 142 cm³/mol. The van der Waals surface area contributed by atoms with Gasteiger partial charge >= 0.3 is 0 Å². The summed E-state index contributed by atoms with van der Waals surface area (Å²) in [5.74, 6) is 0.737. The van der Waals surface area contributed by atoms with Gasteiger partial charge in [-0.05, 0) is 53.6 Å². The number of hydrogen-bond donors (Lipinski definition) is 0. The van der Waals surface area contributed by atoms with Crippen LogP contribution >= 0.6 is 11.6 Å². The summed E-state index contributed by atoms with van der Waals surface area (Å²) in [7, 11) is 1.66. The second-order valence-corrected chi connectivity index (χ2v) is 8.24. The van der Waals surface area contributed by atoms with Crippen LogP contribution in [0.3, 0.4) is 0 Å². The van der Waals surface area contributed by atoms with Gasteiger partial charge in [-0.15, -0.1) is 0 Å². The molecule has 0 spiro atoms. The predicted octanol–water partition coefficient (Wildman–Crippen LogP) is 8.22. The summed E-state index contributed by atoms with van der Waals surface area (Å²) in [4.78, 5) is 4.80. The summed E-state index contributed by atoms with van der Waals surface area (Å²) in [6.45, 7) is 0. The fourth-order valence-corrected chi connectivity index (χ4v) is 4.20. The average Bonchev–Trinajstić information content (AvgIpc) is 3.28. The van der Waals surface area contributed by atoms with Crippen LogP contribution in [0, 0.1) is 0 Å². The number of benzene rings is 4. The zero-order chi connectivity index (χ0) is 23.3. The highest BCUT2D eigenvalue weighted by Crippen LogP contribution is 2.36. The summed E-state index contributed by atoms with van der Waals surface area (Å²) < 4.78 is 7.76. The standard InChI is InChI=1S/C30H23ClN2O/c1-34-29-15-9-8-14-27(29)32-21-24-20-28(22-10-4-2-5-11-22)33(26-18-16-25(31)17-19-26)30(24)23-12-6-3-7-13-23/h2-21H,1H3. The van der Waals surface area contributed by atoms with Gasteiger partial charge in [-0.25, -0.2) is 0 Å². The second-order valence-electron chi connectivity index (χ2n) is 7.81. The van der Waals surface area contributed by atoms with Gasteiger partial charge in [0.2, 0.25) is 0 Å². The third kappa shape index (κ3) is 4.39. The van der Waals surface area contributed by atoms with Gasteiger partial charge in [-0.1, -0.05) is 84.4 Å². The molecule has 4 heteroatoms. The SMILES string of the molecule is COc1ccccc1N=Cc1cc(-c2ccccc2)n(-c2ccc(Cl)cc2)c1-c1ccccc1. The number of nitrogens with zero attached hydrogens (tertiary/aromatic N) is 2. The van der Waals surface area contributed by atoms with Gasteiger partial charge in [0.1, 0.15) is 11.4 Å². The monoisotopic (exact) mass is 462 g/mol. The fourth-order valence-electron chi connectivity index (χ4n) is 4.08. The Bertz CT molecular complexity index is 1420. The van der Waals surface area contributed by atoms with E-state index >= 15 is 0 Å². The lowest BCUT2D eigenvalue weighted by molar-refractivity contribution is 0.416. The van der Waals surface area contributed by atoms with Crippen LogP contribution in [0.15, 0.2) is 120 Å². The maximum Gasteiger partial charge on any atom is 0.144 e. The summed E-state index contributed by atoms with van der Waals surface area (Å²) in [6.07, 6.45) is 1.92. The van der Waals surface area contributed by atoms with E-state index in [1.165, 1.54) is 0 Å². The smallest absolute Gasteiger partial charge is 0.144 e. The first kappa shape index (κ1) is 21.7. The molecule has 0 saturated heterocycles. The van der Waals surface area contributed by atoms with Crippen molar-refractivity contribution in [1.82, 2.24) is 4.57 Å². The zero-order valence-electron chi connectivity index (χ0n) is 18.7. The molecule has 0 saturated carbocycles. The number of para-hydroxylation sites is 2. The molecule has 1 heterocycles. The Kier molecular flexibility index (Phi) is 6.28. The lowest BCUT2D eigenvalue weighted by atomic mass is 10.1. The highest BCUT2D eigenvalue weighted by atomic mass is 35.5. The van der Waals surface area contributed by atoms with Gasteiger partial charge in [0.15, 0.2) is 0 Å². The molecule has 0 aliphatic heterocycles. The van der Waals surface area contributed by atoms with Gasteiger partial charge in [0, 0.05) is 22.5 Å². The van der Waals surface area contributed by atoms with E-state index < -0.39 is 0 Å². The van der Waals surface area contributed by atoms with Crippen molar-refractivity contribution in [2.75, 3.05) is 7.11 Å². The molecule has 1 aromatic heterocycles. The Morgan fingerprint density at radius 1 is 0.735 bits per heavy atom. The lowest BCUT2D eigenvalue weighted by Crippen LogP contribution is -2.00. The number of aromatic nitrogens is 1. The average molecular weight is 463 g/mol. The lowest BCUT2D eigenvalue weighted by Gasteiger charge is -2.15. The van der Waals surface area contributed by atoms with Crippen LogP contribution < -0.4 is 4.74 Å². The van der Waals surface area contributed by atoms with Crippen molar-refractivity contribution in [3.63, 3.8) is 0 Å². The van der Waals surface area contributed by atoms with Crippen molar-refractivity contribution < 1.29 is 4.74 Å². The third-order valence-corrected chi connectivity index (χ3v) is 5.91. The minimum atomic E-state index is 0.705. The van der Waals surface area contributed by atoms with E-state index in [9.17, 15) is 0 Å². The minimum absolute atomic E-state index is 0.705. The number of rotatable bonds is 6. The normalized spacial score (nSPS) is 11.1. The Morgan fingerprint density at radius 2 is 1.35 bits per heavy atom. The molecule has 166 valence electrons. The van der Waals surface area contributed by atoms with Gasteiger partial charge in [0.05, 0.1) is 18.5 Å². The van der Waals surface area contributed by atoms with Crippen molar-refractivity contribution in [2.24, 2.45) is 4.99 Å². The number of methoxy groups -OCH3 is 1. The molecule has 0 amide bonds. The molecule has 0 N–H and O–H groups in total. The van der Waals surface area contributed by atoms with Crippen molar-refractivity contribution in [2.45, 2.75) is 0 Å². The molecule has 5 aromatic rings. The van der Waals surface area contributed by atoms with E-state index in [-0.39, 0.29) is 0 Å². The molecule has 0 atom stereocenters. The van der Waals surface area contributed by atoms with Crippen LogP contribution in [-0.4, -0.2) is 17.9 Å². The van der Waals surface area contributed by atoms with Crippen LogP contribution in [-0.2, 0) is 0 Å². The van der Waals surface area contributed by atoms with E-state index in [2.05, 4.69) is 59.2 Å². The summed E-state index contributed by atoms with van der Waals surface area (Å²) in [5, 5.41) is 0.705. The molecule has 0 radical (unpaired) electrons. The Labute approximate surface area is 204 Å². The number of halogens is 1. The molecule has 0 bridgehead atoms. The Hall–Kier alpha value is -4.08. The second kappa shape index (κ2) is 9.82. The molecule has 0 unspecified atom stereocenters. The van der Waals surface area contributed by atoms with Crippen LogP contribution in [0.4, 0.5) is 5.69 Å². The van der Waals surface area contributed by atoms with E-state index in [0.29, 0.717) is 5.02 Å². The fraction of sp³-hybridized carbons (Fsp3) is 0.0333. The molecule has 0 fully saturated rings. The van der Waals surface area contributed by atoms with Gasteiger partial charge in [0.25, 0.3) is 0 Å². The zero-order valence-corrected chi connectivity index (χ0v) is 19.5. The van der Waals surface area contributed by atoms with E-state index in [1.807, 2.05) is 66.9 Å². The molecule has 34 heavy (non-hydrogen) atoms. The molecular weight excluding hydrogens is 440 g/mol. The van der Waals surface area contributed by atoms with Crippen molar-refractivity contribution >= 4 is 23.5 Å². The minimum Gasteiger partial charge on any atom is -0.494 e. The molecule has 3 nitrogen and oxygen atoms in total. The summed E-state index contributed by atoms with van der Waals surface area (Å²) >= 11 is 6.22. The Morgan fingerprint density at radius 3 is 2.03 bits per heavy atom. The van der Waals surface area contributed by atoms with Crippen molar-refractivity contribution in [3.8, 4) is 34.0 Å². The van der Waals surface area contributed by atoms with Crippen molar-refractivity contribution in [3.05, 3.63) is 126 Å². The van der Waals surface area contributed by atoms with Crippen molar-refractivity contribution in [1.29, 1.82) is 0 Å². The first-order valence-corrected chi connectivity index (χ1v) is 11.4. The topological polar surface area (TPSA) is 26.5 Å². The molecular formula is C30H23ClN2O. The van der Waals surface area contributed by atoms with E-state index in [1.54, 1.807) is 7.11 Å².